The summed E-state index contributed by atoms with van der Waals surface area (Å²) < 4.78 is 12.2. The second-order valence-corrected chi connectivity index (χ2v) is 16.0. The molecule has 0 bridgehead atoms. The van der Waals surface area contributed by atoms with Crippen molar-refractivity contribution >= 4 is 29.7 Å². The SMILES string of the molecule is CC(=O)[C@H]1CC[C@H]2[C@@H]3CCC4CC(OC(=O)CC(O)(CC(=O)O)C(=O)O)CC[C@]4(C)[C@H]3C(OC(=O)CN3CCCC(C)C3)C[C@]12C. The van der Waals surface area contributed by atoms with Crippen LogP contribution in [0.4, 0.5) is 0 Å². The smallest absolute Gasteiger partial charge is 0.336 e. The van der Waals surface area contributed by atoms with Crippen molar-refractivity contribution in [3.05, 3.63) is 0 Å². The molecule has 4 aliphatic carbocycles. The molecule has 0 aromatic heterocycles. The van der Waals surface area contributed by atoms with Crippen LogP contribution in [0.15, 0.2) is 0 Å². The molecule has 5 rings (SSSR count). The third kappa shape index (κ3) is 6.73. The third-order valence-electron chi connectivity index (χ3n) is 13.0. The maximum Gasteiger partial charge on any atom is 0.336 e. The normalized spacial score (nSPS) is 40.4. The van der Waals surface area contributed by atoms with Crippen molar-refractivity contribution in [1.82, 2.24) is 4.90 Å². The maximum atomic E-state index is 13.6. The fourth-order valence-corrected chi connectivity index (χ4v) is 10.9. The van der Waals surface area contributed by atoms with Gasteiger partial charge in [-0.3, -0.25) is 24.1 Å². The van der Waals surface area contributed by atoms with Gasteiger partial charge in [0.1, 0.15) is 18.0 Å². The van der Waals surface area contributed by atoms with Crippen molar-refractivity contribution in [2.24, 2.45) is 46.3 Å². The van der Waals surface area contributed by atoms with Crippen LogP contribution in [0.25, 0.3) is 0 Å². The second kappa shape index (κ2) is 13.2. The fraction of sp³-hybridized carbons (Fsp3) is 0.857. The first-order valence-corrected chi connectivity index (χ1v) is 17.3. The fourth-order valence-electron chi connectivity index (χ4n) is 10.9. The van der Waals surface area contributed by atoms with Crippen LogP contribution in [0.5, 0.6) is 0 Å². The summed E-state index contributed by atoms with van der Waals surface area (Å²) >= 11 is 0. The lowest BCUT2D eigenvalue weighted by Gasteiger charge is -2.62. The van der Waals surface area contributed by atoms with E-state index < -0.39 is 42.5 Å². The third-order valence-corrected chi connectivity index (χ3v) is 13.0. The van der Waals surface area contributed by atoms with Crippen LogP contribution >= 0.6 is 0 Å². The number of rotatable bonds is 10. The zero-order chi connectivity index (χ0) is 33.6. The highest BCUT2D eigenvalue weighted by Crippen LogP contribution is 2.68. The van der Waals surface area contributed by atoms with Gasteiger partial charge in [0.2, 0.25) is 0 Å². The number of carbonyl (C=O) groups is 5. The first-order valence-electron chi connectivity index (χ1n) is 17.3. The van der Waals surface area contributed by atoms with E-state index in [4.69, 9.17) is 14.6 Å². The molecule has 3 N–H and O–H groups in total. The number of ketones is 1. The van der Waals surface area contributed by atoms with Crippen LogP contribution in [0.2, 0.25) is 0 Å². The van der Waals surface area contributed by atoms with Gasteiger partial charge in [0.05, 0.1) is 19.4 Å². The van der Waals surface area contributed by atoms with Gasteiger partial charge >= 0.3 is 23.9 Å². The Balaban J connectivity index is 1.33. The maximum absolute atomic E-state index is 13.6. The zero-order valence-electron chi connectivity index (χ0n) is 27.9. The number of carbonyl (C=O) groups excluding carboxylic acids is 3. The molecule has 11 atom stereocenters. The van der Waals surface area contributed by atoms with Crippen LogP contribution < -0.4 is 0 Å². The van der Waals surface area contributed by atoms with Crippen molar-refractivity contribution in [2.75, 3.05) is 19.6 Å². The standard InChI is InChI=1S/C35H53NO10/c1-20-6-5-13-36(18-20)19-30(41)46-27-15-34(4)25(21(2)37)9-10-26(34)24-8-7-22-14-23(11-12-33(22,3)31(24)27)45-29(40)17-35(44,32(42)43)16-28(38)39/h20,22-27,31,44H,5-19H2,1-4H3,(H,38,39)(H,42,43)/t20?,22?,23?,24-,25+,26-,27?,31+,33-,34+,35?/m0/s1. The number of likely N-dealkylation sites (tertiary alicyclic amines) is 1. The predicted molar refractivity (Wildman–Crippen MR) is 165 cm³/mol. The minimum absolute atomic E-state index is 0.0335. The Morgan fingerprint density at radius 2 is 1.65 bits per heavy atom. The first-order chi connectivity index (χ1) is 21.6. The Labute approximate surface area is 271 Å². The van der Waals surface area contributed by atoms with E-state index in [9.17, 15) is 34.2 Å². The minimum Gasteiger partial charge on any atom is -0.481 e. The number of aliphatic carboxylic acids is 2. The summed E-state index contributed by atoms with van der Waals surface area (Å²) in [5, 5.41) is 28.8. The van der Waals surface area contributed by atoms with E-state index >= 15 is 0 Å². The summed E-state index contributed by atoms with van der Waals surface area (Å²) in [6, 6.07) is 0. The van der Waals surface area contributed by atoms with Crippen molar-refractivity contribution < 1.29 is 48.8 Å². The number of hydrogen-bond donors (Lipinski definition) is 3. The molecule has 11 nitrogen and oxygen atoms in total. The van der Waals surface area contributed by atoms with Gasteiger partial charge in [0.15, 0.2) is 5.60 Å². The number of ether oxygens (including phenoxy) is 2. The highest BCUT2D eigenvalue weighted by molar-refractivity contribution is 5.88. The lowest BCUT2D eigenvalue weighted by atomic mass is 9.43. The summed E-state index contributed by atoms with van der Waals surface area (Å²) in [6.45, 7) is 10.5. The van der Waals surface area contributed by atoms with Crippen molar-refractivity contribution in [1.29, 1.82) is 0 Å². The van der Waals surface area contributed by atoms with E-state index in [1.54, 1.807) is 6.92 Å². The Hall–Kier alpha value is -2.53. The van der Waals surface area contributed by atoms with Crippen LogP contribution in [0.1, 0.15) is 105 Å². The number of hydrogen-bond acceptors (Lipinski definition) is 9. The molecule has 46 heavy (non-hydrogen) atoms. The van der Waals surface area contributed by atoms with E-state index in [0.29, 0.717) is 37.0 Å². The monoisotopic (exact) mass is 647 g/mol. The van der Waals surface area contributed by atoms with Crippen molar-refractivity contribution in [3.63, 3.8) is 0 Å². The molecule has 5 unspecified atom stereocenters. The van der Waals surface area contributed by atoms with E-state index in [0.717, 1.165) is 51.6 Å². The van der Waals surface area contributed by atoms with Crippen LogP contribution in [-0.4, -0.2) is 87.3 Å². The van der Waals surface area contributed by atoms with Gasteiger partial charge in [-0.05, 0) is 112 Å². The number of carboxylic acids is 2. The molecular weight excluding hydrogens is 594 g/mol. The molecule has 1 heterocycles. The van der Waals surface area contributed by atoms with Gasteiger partial charge < -0.3 is 24.8 Å². The summed E-state index contributed by atoms with van der Waals surface area (Å²) in [6.07, 6.45) is 5.63. The zero-order valence-corrected chi connectivity index (χ0v) is 27.9. The average Bonchev–Trinajstić information content (AvgIpc) is 3.29. The Morgan fingerprint density at radius 3 is 2.30 bits per heavy atom. The van der Waals surface area contributed by atoms with Gasteiger partial charge in [0, 0.05) is 18.4 Å². The molecule has 5 fully saturated rings. The van der Waals surface area contributed by atoms with E-state index in [2.05, 4.69) is 25.7 Å². The number of Topliss-reactive ketones (excluding diaryl/α,β-unsaturated/α-hetero) is 1. The van der Waals surface area contributed by atoms with Gasteiger partial charge in [-0.15, -0.1) is 0 Å². The van der Waals surface area contributed by atoms with Gasteiger partial charge in [-0.1, -0.05) is 20.8 Å². The lowest BCUT2D eigenvalue weighted by Crippen LogP contribution is -2.60. The lowest BCUT2D eigenvalue weighted by molar-refractivity contribution is -0.203. The second-order valence-electron chi connectivity index (χ2n) is 16.0. The molecule has 1 aliphatic heterocycles. The van der Waals surface area contributed by atoms with E-state index in [1.165, 1.54) is 6.42 Å². The van der Waals surface area contributed by atoms with Gasteiger partial charge in [0.25, 0.3) is 0 Å². The first kappa shape index (κ1) is 34.8. The van der Waals surface area contributed by atoms with Crippen LogP contribution in [0, 0.1) is 46.3 Å². The largest absolute Gasteiger partial charge is 0.481 e. The molecule has 0 amide bonds. The summed E-state index contributed by atoms with van der Waals surface area (Å²) in [4.78, 5) is 64.0. The van der Waals surface area contributed by atoms with Crippen LogP contribution in [0.3, 0.4) is 0 Å². The number of carboxylic acid groups (broad SMARTS) is 2. The molecule has 1 saturated heterocycles. The molecule has 0 spiro atoms. The molecule has 4 saturated carbocycles. The topological polar surface area (TPSA) is 168 Å². The van der Waals surface area contributed by atoms with E-state index in [-0.39, 0.29) is 53.0 Å². The minimum atomic E-state index is -2.73. The number of nitrogens with zero attached hydrogens (tertiary/aromatic N) is 1. The number of piperidine rings is 1. The van der Waals surface area contributed by atoms with E-state index in [1.807, 2.05) is 0 Å². The number of esters is 2. The van der Waals surface area contributed by atoms with Gasteiger partial charge in [-0.25, -0.2) is 4.79 Å². The molecule has 5 aliphatic rings. The molecule has 258 valence electrons. The number of aliphatic hydroxyl groups is 1. The molecule has 0 radical (unpaired) electrons. The van der Waals surface area contributed by atoms with Gasteiger partial charge in [-0.2, -0.15) is 0 Å². The quantitative estimate of drug-likeness (QED) is 0.292. The molecule has 0 aromatic carbocycles. The number of fused-ring (bicyclic) bond motifs is 5. The Kier molecular flexibility index (Phi) is 9.96. The van der Waals surface area contributed by atoms with Crippen LogP contribution in [-0.2, 0) is 33.4 Å². The highest BCUT2D eigenvalue weighted by Gasteiger charge is 2.65. The molecule has 11 heteroatoms. The summed E-state index contributed by atoms with van der Waals surface area (Å²) in [7, 11) is 0. The average molecular weight is 648 g/mol. The molecule has 0 aromatic rings. The highest BCUT2D eigenvalue weighted by atomic mass is 16.5. The molecular formula is C35H53NO10. The summed E-state index contributed by atoms with van der Waals surface area (Å²) in [5.74, 6) is -2.71. The summed E-state index contributed by atoms with van der Waals surface area (Å²) in [5.41, 5.74) is -3.14. The Morgan fingerprint density at radius 1 is 0.913 bits per heavy atom. The van der Waals surface area contributed by atoms with Crippen molar-refractivity contribution in [3.8, 4) is 0 Å². The predicted octanol–water partition coefficient (Wildman–Crippen LogP) is 4.08. The van der Waals surface area contributed by atoms with Crippen molar-refractivity contribution in [2.45, 2.75) is 123 Å². The Bertz CT molecular complexity index is 1220.